The molecule has 4 aromatic rings. The van der Waals surface area contributed by atoms with Crippen LogP contribution in [-0.2, 0) is 11.2 Å². The van der Waals surface area contributed by atoms with E-state index in [1.165, 1.54) is 0 Å². The largest absolute Gasteiger partial charge is 0.273 e. The summed E-state index contributed by atoms with van der Waals surface area (Å²) >= 11 is 0. The molecule has 0 saturated heterocycles. The van der Waals surface area contributed by atoms with E-state index in [1.807, 2.05) is 102 Å². The number of nitrogens with zero attached hydrogens (tertiary/aromatic N) is 3. The molecule has 1 N–H and O–H groups in total. The molecule has 1 heterocycles. The molecule has 0 aliphatic carbocycles. The van der Waals surface area contributed by atoms with E-state index in [1.54, 1.807) is 6.21 Å². The minimum absolute atomic E-state index is 0.163. The van der Waals surface area contributed by atoms with E-state index in [4.69, 9.17) is 5.10 Å². The van der Waals surface area contributed by atoms with Crippen molar-refractivity contribution in [3.05, 3.63) is 108 Å². The quantitative estimate of drug-likeness (QED) is 0.402. The summed E-state index contributed by atoms with van der Waals surface area (Å²) in [5.74, 6) is -0.163. The highest BCUT2D eigenvalue weighted by atomic mass is 16.2. The van der Waals surface area contributed by atoms with Gasteiger partial charge >= 0.3 is 0 Å². The van der Waals surface area contributed by atoms with Gasteiger partial charge in [-0.2, -0.15) is 10.2 Å². The van der Waals surface area contributed by atoms with Crippen molar-refractivity contribution in [1.29, 1.82) is 0 Å². The Morgan fingerprint density at radius 1 is 0.897 bits per heavy atom. The lowest BCUT2D eigenvalue weighted by atomic mass is 10.1. The van der Waals surface area contributed by atoms with Crippen molar-refractivity contribution in [2.24, 2.45) is 5.10 Å². The first-order chi connectivity index (χ1) is 14.3. The van der Waals surface area contributed by atoms with E-state index in [-0.39, 0.29) is 12.3 Å². The Balaban J connectivity index is 1.56. The van der Waals surface area contributed by atoms with Crippen LogP contribution in [-0.4, -0.2) is 21.9 Å². The van der Waals surface area contributed by atoms with Gasteiger partial charge in [0.25, 0.3) is 0 Å². The molecule has 1 aromatic heterocycles. The van der Waals surface area contributed by atoms with Crippen LogP contribution in [0.5, 0.6) is 0 Å². The van der Waals surface area contributed by atoms with Gasteiger partial charge in [-0.05, 0) is 17.7 Å². The maximum absolute atomic E-state index is 12.1. The van der Waals surface area contributed by atoms with Crippen molar-refractivity contribution in [2.75, 3.05) is 0 Å². The second-order valence-electron chi connectivity index (χ2n) is 6.53. The fourth-order valence-electron chi connectivity index (χ4n) is 3.01. The van der Waals surface area contributed by atoms with Gasteiger partial charge in [0.15, 0.2) is 0 Å². The van der Waals surface area contributed by atoms with Crippen molar-refractivity contribution >= 4 is 12.1 Å². The summed E-state index contributed by atoms with van der Waals surface area (Å²) in [5.41, 5.74) is 7.11. The molecule has 5 heteroatoms. The van der Waals surface area contributed by atoms with Gasteiger partial charge in [0, 0.05) is 17.3 Å². The van der Waals surface area contributed by atoms with Gasteiger partial charge < -0.3 is 0 Å². The van der Waals surface area contributed by atoms with Crippen LogP contribution < -0.4 is 5.43 Å². The fourth-order valence-corrected chi connectivity index (χ4v) is 3.01. The molecule has 142 valence electrons. The smallest absolute Gasteiger partial charge is 0.244 e. The SMILES string of the molecule is O=C(Cc1ccccc1)NN=Cc1cn(-c2ccccc2)nc1-c1ccccc1. The van der Waals surface area contributed by atoms with Crippen LogP contribution in [0, 0.1) is 0 Å². The predicted octanol–water partition coefficient (Wildman–Crippen LogP) is 4.23. The molecule has 0 aliphatic heterocycles. The van der Waals surface area contributed by atoms with Crippen LogP contribution in [0.3, 0.4) is 0 Å². The number of hydrogen-bond donors (Lipinski definition) is 1. The molecule has 0 saturated carbocycles. The zero-order valence-electron chi connectivity index (χ0n) is 15.8. The molecule has 29 heavy (non-hydrogen) atoms. The Morgan fingerprint density at radius 2 is 1.52 bits per heavy atom. The second-order valence-corrected chi connectivity index (χ2v) is 6.53. The van der Waals surface area contributed by atoms with E-state index >= 15 is 0 Å². The molecule has 0 atom stereocenters. The Morgan fingerprint density at radius 3 is 2.21 bits per heavy atom. The molecule has 0 aliphatic rings. The van der Waals surface area contributed by atoms with E-state index in [0.29, 0.717) is 0 Å². The Labute approximate surface area is 169 Å². The maximum atomic E-state index is 12.1. The van der Waals surface area contributed by atoms with Gasteiger partial charge in [0.05, 0.1) is 18.3 Å². The van der Waals surface area contributed by atoms with Gasteiger partial charge in [-0.3, -0.25) is 4.79 Å². The monoisotopic (exact) mass is 380 g/mol. The summed E-state index contributed by atoms with van der Waals surface area (Å²) < 4.78 is 1.81. The molecule has 1 amide bonds. The lowest BCUT2D eigenvalue weighted by Gasteiger charge is -2.00. The molecule has 4 rings (SSSR count). The molecule has 5 nitrogen and oxygen atoms in total. The number of amides is 1. The standard InChI is InChI=1S/C24H20N4O/c29-23(16-19-10-4-1-5-11-19)26-25-17-21-18-28(22-14-8-3-9-15-22)27-24(21)20-12-6-2-7-13-20/h1-15,17-18H,16H2,(H,26,29). The van der Waals surface area contributed by atoms with Crippen molar-refractivity contribution in [2.45, 2.75) is 6.42 Å². The number of aromatic nitrogens is 2. The first-order valence-electron chi connectivity index (χ1n) is 9.36. The number of hydrogen-bond acceptors (Lipinski definition) is 3. The number of carbonyl (C=O) groups is 1. The van der Waals surface area contributed by atoms with E-state index in [9.17, 15) is 4.79 Å². The summed E-state index contributed by atoms with van der Waals surface area (Å²) in [6, 6.07) is 29.4. The maximum Gasteiger partial charge on any atom is 0.244 e. The topological polar surface area (TPSA) is 59.3 Å². The molecular formula is C24H20N4O. The summed E-state index contributed by atoms with van der Waals surface area (Å²) in [6.07, 6.45) is 3.83. The third-order valence-corrected chi connectivity index (χ3v) is 4.41. The van der Waals surface area contributed by atoms with E-state index < -0.39 is 0 Å². The molecule has 0 fully saturated rings. The summed E-state index contributed by atoms with van der Waals surface area (Å²) in [6.45, 7) is 0. The van der Waals surface area contributed by atoms with Crippen LogP contribution in [0.15, 0.2) is 102 Å². The average molecular weight is 380 g/mol. The molecule has 0 spiro atoms. The van der Waals surface area contributed by atoms with Crippen LogP contribution in [0.1, 0.15) is 11.1 Å². The Kier molecular flexibility index (Phi) is 5.58. The minimum Gasteiger partial charge on any atom is -0.273 e. The van der Waals surface area contributed by atoms with Crippen LogP contribution in [0.4, 0.5) is 0 Å². The molecule has 0 radical (unpaired) electrons. The van der Waals surface area contributed by atoms with Gasteiger partial charge in [0.1, 0.15) is 5.69 Å². The van der Waals surface area contributed by atoms with Crippen molar-refractivity contribution in [1.82, 2.24) is 15.2 Å². The molecule has 3 aromatic carbocycles. The second kappa shape index (κ2) is 8.80. The number of benzene rings is 3. The third-order valence-electron chi connectivity index (χ3n) is 4.41. The van der Waals surface area contributed by atoms with Crippen molar-refractivity contribution in [3.63, 3.8) is 0 Å². The Hall–Kier alpha value is -3.99. The van der Waals surface area contributed by atoms with Crippen molar-refractivity contribution < 1.29 is 4.79 Å². The first-order valence-corrected chi connectivity index (χ1v) is 9.36. The number of carbonyl (C=O) groups excluding carboxylic acids is 1. The lowest BCUT2D eigenvalue weighted by molar-refractivity contribution is -0.120. The van der Waals surface area contributed by atoms with Gasteiger partial charge in [-0.15, -0.1) is 0 Å². The summed E-state index contributed by atoms with van der Waals surface area (Å²) in [7, 11) is 0. The van der Waals surface area contributed by atoms with Crippen LogP contribution >= 0.6 is 0 Å². The highest BCUT2D eigenvalue weighted by Crippen LogP contribution is 2.22. The minimum atomic E-state index is -0.163. The van der Waals surface area contributed by atoms with Crippen LogP contribution in [0.25, 0.3) is 16.9 Å². The third kappa shape index (κ3) is 4.65. The number of para-hydroxylation sites is 1. The Bertz CT molecular complexity index is 1100. The lowest BCUT2D eigenvalue weighted by Crippen LogP contribution is -2.19. The summed E-state index contributed by atoms with van der Waals surface area (Å²) in [5, 5.41) is 8.88. The zero-order valence-corrected chi connectivity index (χ0v) is 15.8. The number of hydrazone groups is 1. The van der Waals surface area contributed by atoms with Gasteiger partial charge in [-0.25, -0.2) is 10.1 Å². The highest BCUT2D eigenvalue weighted by Gasteiger charge is 2.11. The highest BCUT2D eigenvalue weighted by molar-refractivity contribution is 5.89. The molecule has 0 bridgehead atoms. The van der Waals surface area contributed by atoms with Gasteiger partial charge in [-0.1, -0.05) is 78.9 Å². The number of rotatable bonds is 6. The normalized spacial score (nSPS) is 10.9. The van der Waals surface area contributed by atoms with E-state index in [0.717, 1.165) is 28.1 Å². The summed E-state index contributed by atoms with van der Waals surface area (Å²) in [4.78, 5) is 12.1. The van der Waals surface area contributed by atoms with Gasteiger partial charge in [0.2, 0.25) is 5.91 Å². The first kappa shape index (κ1) is 18.4. The molecule has 0 unspecified atom stereocenters. The zero-order chi connectivity index (χ0) is 19.9. The predicted molar refractivity (Wildman–Crippen MR) is 115 cm³/mol. The average Bonchev–Trinajstić information content (AvgIpc) is 3.20. The van der Waals surface area contributed by atoms with E-state index in [2.05, 4.69) is 10.5 Å². The fraction of sp³-hybridized carbons (Fsp3) is 0.0417. The van der Waals surface area contributed by atoms with Crippen LogP contribution in [0.2, 0.25) is 0 Å². The van der Waals surface area contributed by atoms with Crippen molar-refractivity contribution in [3.8, 4) is 16.9 Å². The molecular weight excluding hydrogens is 360 g/mol. The number of nitrogens with one attached hydrogen (secondary N) is 1.